The third kappa shape index (κ3) is 4.73. The quantitative estimate of drug-likeness (QED) is 0.174. The van der Waals surface area contributed by atoms with Crippen molar-refractivity contribution in [3.63, 3.8) is 0 Å². The zero-order valence-electron chi connectivity index (χ0n) is 27.5. The van der Waals surface area contributed by atoms with Crippen molar-refractivity contribution in [2.75, 3.05) is 4.90 Å². The van der Waals surface area contributed by atoms with Crippen molar-refractivity contribution in [1.82, 2.24) is 0 Å². The summed E-state index contributed by atoms with van der Waals surface area (Å²) in [6.45, 7) is 0. The molecule has 0 spiro atoms. The predicted molar refractivity (Wildman–Crippen MR) is 211 cm³/mol. The van der Waals surface area contributed by atoms with Crippen LogP contribution < -0.4 is 4.90 Å². The molecule has 0 saturated heterocycles. The zero-order valence-corrected chi connectivity index (χ0v) is 28.3. The summed E-state index contributed by atoms with van der Waals surface area (Å²) in [5.41, 5.74) is 10.6. The smallest absolute Gasteiger partial charge is 0.0640 e. The van der Waals surface area contributed by atoms with Gasteiger partial charge in [-0.15, -0.1) is 11.3 Å². The molecule has 1 aromatic heterocycles. The minimum absolute atomic E-state index is 0.401. The topological polar surface area (TPSA) is 3.24 Å². The third-order valence-electron chi connectivity index (χ3n) is 11.5. The fraction of sp³-hybridized carbons (Fsp3) is 0.149. The van der Waals surface area contributed by atoms with E-state index in [0.717, 1.165) is 5.92 Å². The zero-order chi connectivity index (χ0) is 32.4. The van der Waals surface area contributed by atoms with Crippen molar-refractivity contribution in [3.8, 4) is 22.3 Å². The minimum Gasteiger partial charge on any atom is -0.309 e. The Hall–Kier alpha value is -5.18. The van der Waals surface area contributed by atoms with Crippen LogP contribution in [0.1, 0.15) is 37.7 Å². The summed E-state index contributed by atoms with van der Waals surface area (Å²) < 4.78 is 2.66. The van der Waals surface area contributed by atoms with Crippen LogP contribution >= 0.6 is 11.3 Å². The Labute approximate surface area is 292 Å². The molecule has 1 nitrogen and oxygen atoms in total. The lowest BCUT2D eigenvalue weighted by Crippen LogP contribution is -2.19. The highest BCUT2D eigenvalue weighted by Gasteiger charge is 2.45. The molecule has 0 N–H and O–H groups in total. The minimum atomic E-state index is 0.401. The van der Waals surface area contributed by atoms with Gasteiger partial charge in [-0.3, -0.25) is 0 Å². The molecule has 0 atom stereocenters. The molecule has 2 heteroatoms. The van der Waals surface area contributed by atoms with Crippen LogP contribution in [0.25, 0.3) is 53.2 Å². The normalized spacial score (nSPS) is 18.5. The van der Waals surface area contributed by atoms with Crippen LogP contribution in [0.3, 0.4) is 0 Å². The molecule has 2 fully saturated rings. The van der Waals surface area contributed by atoms with Gasteiger partial charge < -0.3 is 4.90 Å². The van der Waals surface area contributed by atoms with E-state index < -0.39 is 0 Å². The standard InChI is InChI=1S/C47H37NS/c1-2-9-33(10-3-1)39-14-6-11-35-12-7-15-40(45(35)39)34-19-23-37(24-20-34)48(38-25-21-36(22-26-38)47-29-27-32(31-47)28-30-47)43-17-8-16-42-41-13-4-5-18-44(41)49-46(42)43/h1-26,32H,27-31H2. The SMILES string of the molecule is c1ccc(-c2cccc3cccc(-c4ccc(N(c5ccc(C67CCC(CC6)C7)cc5)c5cccc6c5sc5ccccc56)cc4)c23)cc1. The molecule has 0 unspecified atom stereocenters. The second-order valence-electron chi connectivity index (χ2n) is 14.2. The summed E-state index contributed by atoms with van der Waals surface area (Å²) in [5, 5.41) is 5.21. The van der Waals surface area contributed by atoms with Crippen molar-refractivity contribution in [2.45, 2.75) is 37.5 Å². The first-order valence-corrected chi connectivity index (χ1v) is 18.5. The number of fused-ring (bicyclic) bond motifs is 6. The van der Waals surface area contributed by atoms with Gasteiger partial charge in [0.05, 0.1) is 10.4 Å². The fourth-order valence-electron chi connectivity index (χ4n) is 9.13. The summed E-state index contributed by atoms with van der Waals surface area (Å²) >= 11 is 1.90. The molecule has 8 aromatic rings. The fourth-order valence-corrected chi connectivity index (χ4v) is 10.3. The highest BCUT2D eigenvalue weighted by Crippen LogP contribution is 2.55. The number of thiophene rings is 1. The molecular weight excluding hydrogens is 611 g/mol. The lowest BCUT2D eigenvalue weighted by atomic mass is 9.78. The van der Waals surface area contributed by atoms with E-state index in [1.165, 1.54) is 108 Å². The van der Waals surface area contributed by atoms with E-state index in [4.69, 9.17) is 0 Å². The van der Waals surface area contributed by atoms with Gasteiger partial charge in [0, 0.05) is 26.8 Å². The van der Waals surface area contributed by atoms with E-state index >= 15 is 0 Å². The maximum absolute atomic E-state index is 2.48. The van der Waals surface area contributed by atoms with Gasteiger partial charge in [0.15, 0.2) is 0 Å². The van der Waals surface area contributed by atoms with Gasteiger partial charge in [-0.05, 0) is 118 Å². The van der Waals surface area contributed by atoms with Gasteiger partial charge in [0.2, 0.25) is 0 Å². The van der Waals surface area contributed by atoms with Gasteiger partial charge in [-0.1, -0.05) is 121 Å². The molecule has 0 radical (unpaired) electrons. The number of benzene rings is 7. The van der Waals surface area contributed by atoms with Crippen LogP contribution in [-0.2, 0) is 5.41 Å². The van der Waals surface area contributed by atoms with Crippen LogP contribution in [0.15, 0.2) is 158 Å². The van der Waals surface area contributed by atoms with Crippen molar-refractivity contribution < 1.29 is 0 Å². The van der Waals surface area contributed by atoms with E-state index in [0.29, 0.717) is 5.41 Å². The summed E-state index contributed by atoms with van der Waals surface area (Å²) in [6, 6.07) is 58.6. The van der Waals surface area contributed by atoms with Crippen LogP contribution in [0, 0.1) is 5.92 Å². The predicted octanol–water partition coefficient (Wildman–Crippen LogP) is 13.8. The van der Waals surface area contributed by atoms with E-state index in [1.54, 1.807) is 0 Å². The van der Waals surface area contributed by atoms with Gasteiger partial charge in [0.1, 0.15) is 0 Å². The first kappa shape index (κ1) is 28.8. The maximum Gasteiger partial charge on any atom is 0.0640 e. The van der Waals surface area contributed by atoms with Crippen molar-refractivity contribution in [1.29, 1.82) is 0 Å². The monoisotopic (exact) mass is 647 g/mol. The molecule has 49 heavy (non-hydrogen) atoms. The Morgan fingerprint density at radius 3 is 1.84 bits per heavy atom. The Morgan fingerprint density at radius 2 is 1.14 bits per heavy atom. The first-order valence-electron chi connectivity index (χ1n) is 17.7. The number of rotatable bonds is 6. The average Bonchev–Trinajstić information content (AvgIpc) is 3.90. The molecule has 2 aliphatic rings. The number of anilines is 3. The highest BCUT2D eigenvalue weighted by atomic mass is 32.1. The van der Waals surface area contributed by atoms with E-state index in [1.807, 2.05) is 11.3 Å². The van der Waals surface area contributed by atoms with Crippen LogP contribution in [0.4, 0.5) is 17.1 Å². The summed E-state index contributed by atoms with van der Waals surface area (Å²) in [5.74, 6) is 0.936. The van der Waals surface area contributed by atoms with Gasteiger partial charge >= 0.3 is 0 Å². The molecule has 10 rings (SSSR count). The summed E-state index contributed by atoms with van der Waals surface area (Å²) in [4.78, 5) is 2.48. The molecule has 1 heterocycles. The van der Waals surface area contributed by atoms with Gasteiger partial charge in [-0.2, -0.15) is 0 Å². The first-order chi connectivity index (χ1) is 24.2. The van der Waals surface area contributed by atoms with Crippen molar-refractivity contribution in [3.05, 3.63) is 163 Å². The van der Waals surface area contributed by atoms with E-state index in [9.17, 15) is 0 Å². The second-order valence-corrected chi connectivity index (χ2v) is 15.2. The van der Waals surface area contributed by atoms with Crippen LogP contribution in [0.5, 0.6) is 0 Å². The van der Waals surface area contributed by atoms with Gasteiger partial charge in [-0.25, -0.2) is 0 Å². The Kier molecular flexibility index (Phi) is 6.74. The molecule has 0 aliphatic heterocycles. The highest BCUT2D eigenvalue weighted by molar-refractivity contribution is 7.26. The average molecular weight is 648 g/mol. The Morgan fingerprint density at radius 1 is 0.531 bits per heavy atom. The lowest BCUT2D eigenvalue weighted by molar-refractivity contribution is 0.419. The molecule has 7 aromatic carbocycles. The molecule has 2 aliphatic carbocycles. The van der Waals surface area contributed by atoms with Crippen LogP contribution in [-0.4, -0.2) is 0 Å². The lowest BCUT2D eigenvalue weighted by Gasteiger charge is -2.30. The molecule has 0 amide bonds. The van der Waals surface area contributed by atoms with E-state index in [-0.39, 0.29) is 0 Å². The maximum atomic E-state index is 2.48. The number of hydrogen-bond acceptors (Lipinski definition) is 2. The number of nitrogens with zero attached hydrogens (tertiary/aromatic N) is 1. The van der Waals surface area contributed by atoms with Crippen LogP contribution in [0.2, 0.25) is 0 Å². The molecule has 2 bridgehead atoms. The summed E-state index contributed by atoms with van der Waals surface area (Å²) in [6.07, 6.45) is 6.88. The molecule has 2 saturated carbocycles. The van der Waals surface area contributed by atoms with Crippen molar-refractivity contribution in [2.24, 2.45) is 5.92 Å². The number of hydrogen-bond donors (Lipinski definition) is 0. The largest absolute Gasteiger partial charge is 0.309 e. The second kappa shape index (κ2) is 11.5. The van der Waals surface area contributed by atoms with E-state index in [2.05, 4.69) is 163 Å². The summed E-state index contributed by atoms with van der Waals surface area (Å²) in [7, 11) is 0. The molecule has 236 valence electrons. The Bertz CT molecular complexity index is 2460. The van der Waals surface area contributed by atoms with Crippen molar-refractivity contribution >= 4 is 59.3 Å². The third-order valence-corrected chi connectivity index (χ3v) is 12.7. The molecular formula is C47H37NS. The van der Waals surface area contributed by atoms with Gasteiger partial charge in [0.25, 0.3) is 0 Å². The Balaban J connectivity index is 1.11.